The number of rotatable bonds is 6. The van der Waals surface area contributed by atoms with E-state index in [1.54, 1.807) is 18.2 Å². The smallest absolute Gasteiger partial charge is 0.251 e. The third-order valence-electron chi connectivity index (χ3n) is 3.19. The summed E-state index contributed by atoms with van der Waals surface area (Å²) >= 11 is 0. The Labute approximate surface area is 133 Å². The molecule has 6 heteroatoms. The second kappa shape index (κ2) is 8.03. The molecule has 1 heterocycles. The summed E-state index contributed by atoms with van der Waals surface area (Å²) in [6.07, 6.45) is 2.08. The molecule has 0 bridgehead atoms. The average molecular weight is 315 g/mol. The fraction of sp³-hybridized carbons (Fsp3) is 0.235. The van der Waals surface area contributed by atoms with Crippen LogP contribution in [-0.2, 0) is 17.8 Å². The Kier molecular flexibility index (Phi) is 5.80. The summed E-state index contributed by atoms with van der Waals surface area (Å²) in [5, 5.41) is 5.41. The Morgan fingerprint density at radius 3 is 2.74 bits per heavy atom. The van der Waals surface area contributed by atoms with Crippen molar-refractivity contribution in [2.75, 3.05) is 6.54 Å². The Morgan fingerprint density at radius 1 is 1.17 bits per heavy atom. The van der Waals surface area contributed by atoms with Crippen molar-refractivity contribution >= 4 is 11.8 Å². The molecule has 1 aromatic carbocycles. The van der Waals surface area contributed by atoms with E-state index in [0.29, 0.717) is 24.2 Å². The summed E-state index contributed by atoms with van der Waals surface area (Å²) in [7, 11) is 0. The highest BCUT2D eigenvalue weighted by atomic mass is 19.1. The molecule has 0 saturated heterocycles. The molecule has 2 N–H and O–H groups in total. The molecule has 5 nitrogen and oxygen atoms in total. The number of nitrogens with zero attached hydrogens (tertiary/aromatic N) is 1. The van der Waals surface area contributed by atoms with Gasteiger partial charge in [0.1, 0.15) is 5.82 Å². The minimum Gasteiger partial charge on any atom is -0.352 e. The lowest BCUT2D eigenvalue weighted by atomic mass is 10.1. The highest BCUT2D eigenvalue weighted by Crippen LogP contribution is 2.05. The molecule has 23 heavy (non-hydrogen) atoms. The Hall–Kier alpha value is -2.76. The van der Waals surface area contributed by atoms with Crippen LogP contribution < -0.4 is 10.6 Å². The molecule has 0 aliphatic heterocycles. The highest BCUT2D eigenvalue weighted by molar-refractivity contribution is 5.94. The van der Waals surface area contributed by atoms with Gasteiger partial charge in [0.05, 0.1) is 12.2 Å². The van der Waals surface area contributed by atoms with Crippen molar-refractivity contribution in [1.29, 1.82) is 0 Å². The first kappa shape index (κ1) is 16.6. The predicted molar refractivity (Wildman–Crippen MR) is 84.2 cm³/mol. The van der Waals surface area contributed by atoms with Crippen LogP contribution in [0.3, 0.4) is 0 Å². The van der Waals surface area contributed by atoms with Crippen LogP contribution in [0.5, 0.6) is 0 Å². The van der Waals surface area contributed by atoms with Gasteiger partial charge in [0.15, 0.2) is 0 Å². The van der Waals surface area contributed by atoms with E-state index in [9.17, 15) is 14.0 Å². The molecular weight excluding hydrogens is 297 g/mol. The van der Waals surface area contributed by atoms with Crippen molar-refractivity contribution < 1.29 is 14.0 Å². The van der Waals surface area contributed by atoms with E-state index in [1.165, 1.54) is 25.3 Å². The van der Waals surface area contributed by atoms with Crippen molar-refractivity contribution in [3.63, 3.8) is 0 Å². The fourth-order valence-electron chi connectivity index (χ4n) is 2.05. The number of pyridine rings is 1. The zero-order chi connectivity index (χ0) is 16.7. The van der Waals surface area contributed by atoms with Crippen LogP contribution >= 0.6 is 0 Å². The van der Waals surface area contributed by atoms with Crippen LogP contribution in [-0.4, -0.2) is 23.3 Å². The zero-order valence-corrected chi connectivity index (χ0v) is 12.8. The molecule has 0 aliphatic rings. The van der Waals surface area contributed by atoms with Gasteiger partial charge in [0.2, 0.25) is 5.91 Å². The molecule has 2 amide bonds. The molecule has 120 valence electrons. The molecule has 0 aliphatic carbocycles. The summed E-state index contributed by atoms with van der Waals surface area (Å²) < 4.78 is 13.1. The maximum Gasteiger partial charge on any atom is 0.251 e. The lowest BCUT2D eigenvalue weighted by Gasteiger charge is -2.07. The number of benzene rings is 1. The molecular formula is C17H18FN3O2. The van der Waals surface area contributed by atoms with Gasteiger partial charge in [0, 0.05) is 25.2 Å². The van der Waals surface area contributed by atoms with Crippen LogP contribution in [0, 0.1) is 5.82 Å². The number of amides is 2. The predicted octanol–water partition coefficient (Wildman–Crippen LogP) is 1.83. The number of carbonyl (C=O) groups is 2. The second-order valence-corrected chi connectivity index (χ2v) is 5.08. The van der Waals surface area contributed by atoms with Crippen LogP contribution in [0.4, 0.5) is 4.39 Å². The van der Waals surface area contributed by atoms with Crippen molar-refractivity contribution in [2.24, 2.45) is 0 Å². The molecule has 2 rings (SSSR count). The van der Waals surface area contributed by atoms with Crippen molar-refractivity contribution in [3.05, 3.63) is 65.2 Å². The van der Waals surface area contributed by atoms with Crippen LogP contribution in [0.25, 0.3) is 0 Å². The standard InChI is InChI=1S/C17H18FN3O2/c1-12(22)21-11-16-10-14(6-8-19-16)17(23)20-7-5-13-3-2-4-15(18)9-13/h2-4,6,8-10H,5,7,11H2,1H3,(H,20,23)(H,21,22). The van der Waals surface area contributed by atoms with Gasteiger partial charge in [-0.3, -0.25) is 14.6 Å². The molecule has 0 atom stereocenters. The van der Waals surface area contributed by atoms with Gasteiger partial charge in [0.25, 0.3) is 5.91 Å². The monoisotopic (exact) mass is 315 g/mol. The topological polar surface area (TPSA) is 71.1 Å². The van der Waals surface area contributed by atoms with Gasteiger partial charge in [-0.1, -0.05) is 12.1 Å². The third-order valence-corrected chi connectivity index (χ3v) is 3.19. The van der Waals surface area contributed by atoms with Crippen molar-refractivity contribution in [2.45, 2.75) is 19.9 Å². The van der Waals surface area contributed by atoms with Crippen molar-refractivity contribution in [3.8, 4) is 0 Å². The Balaban J connectivity index is 1.87. The first-order chi connectivity index (χ1) is 11.0. The minimum atomic E-state index is -0.287. The Bertz CT molecular complexity index is 704. The first-order valence-electron chi connectivity index (χ1n) is 7.26. The van der Waals surface area contributed by atoms with Gasteiger partial charge in [-0.2, -0.15) is 0 Å². The van der Waals surface area contributed by atoms with E-state index < -0.39 is 0 Å². The highest BCUT2D eigenvalue weighted by Gasteiger charge is 2.07. The summed E-state index contributed by atoms with van der Waals surface area (Å²) in [5.41, 5.74) is 1.91. The number of halogens is 1. The summed E-state index contributed by atoms with van der Waals surface area (Å²) in [6, 6.07) is 9.53. The first-order valence-corrected chi connectivity index (χ1v) is 7.26. The molecule has 0 spiro atoms. The van der Waals surface area contributed by atoms with Gasteiger partial charge in [-0.15, -0.1) is 0 Å². The molecule has 2 aromatic rings. The number of nitrogens with one attached hydrogen (secondary N) is 2. The Morgan fingerprint density at radius 2 is 2.00 bits per heavy atom. The molecule has 1 aromatic heterocycles. The van der Waals surface area contributed by atoms with Gasteiger partial charge in [-0.05, 0) is 36.2 Å². The van der Waals surface area contributed by atoms with E-state index in [0.717, 1.165) is 5.56 Å². The van der Waals surface area contributed by atoms with Gasteiger partial charge in [-0.25, -0.2) is 4.39 Å². The minimum absolute atomic E-state index is 0.156. The summed E-state index contributed by atoms with van der Waals surface area (Å²) in [6.45, 7) is 2.11. The van der Waals surface area contributed by atoms with Crippen LogP contribution in [0.2, 0.25) is 0 Å². The second-order valence-electron chi connectivity index (χ2n) is 5.08. The average Bonchev–Trinajstić information content (AvgIpc) is 2.53. The van der Waals surface area contributed by atoms with Crippen molar-refractivity contribution in [1.82, 2.24) is 15.6 Å². The molecule has 0 unspecified atom stereocenters. The van der Waals surface area contributed by atoms with E-state index >= 15 is 0 Å². The number of hydrogen-bond acceptors (Lipinski definition) is 3. The normalized spacial score (nSPS) is 10.2. The molecule has 0 fully saturated rings. The maximum absolute atomic E-state index is 13.1. The number of carbonyl (C=O) groups excluding carboxylic acids is 2. The molecule has 0 saturated carbocycles. The summed E-state index contributed by atoms with van der Waals surface area (Å²) in [4.78, 5) is 27.1. The van der Waals surface area contributed by atoms with Gasteiger partial charge >= 0.3 is 0 Å². The van der Waals surface area contributed by atoms with E-state index in [1.807, 2.05) is 6.07 Å². The lowest BCUT2D eigenvalue weighted by molar-refractivity contribution is -0.119. The summed E-state index contributed by atoms with van der Waals surface area (Å²) in [5.74, 6) is -0.671. The quantitative estimate of drug-likeness (QED) is 0.854. The SMILES string of the molecule is CC(=O)NCc1cc(C(=O)NCCc2cccc(F)c2)ccn1. The molecule has 0 radical (unpaired) electrons. The van der Waals surface area contributed by atoms with E-state index in [-0.39, 0.29) is 24.2 Å². The van der Waals surface area contributed by atoms with Crippen LogP contribution in [0.1, 0.15) is 28.5 Å². The number of hydrogen-bond donors (Lipinski definition) is 2. The zero-order valence-electron chi connectivity index (χ0n) is 12.8. The van der Waals surface area contributed by atoms with E-state index in [4.69, 9.17) is 0 Å². The number of aromatic nitrogens is 1. The fourth-order valence-corrected chi connectivity index (χ4v) is 2.05. The van der Waals surface area contributed by atoms with Gasteiger partial charge < -0.3 is 10.6 Å². The van der Waals surface area contributed by atoms with E-state index in [2.05, 4.69) is 15.6 Å². The largest absolute Gasteiger partial charge is 0.352 e. The third kappa shape index (κ3) is 5.50. The lowest BCUT2D eigenvalue weighted by Crippen LogP contribution is -2.26. The van der Waals surface area contributed by atoms with Crippen LogP contribution in [0.15, 0.2) is 42.6 Å². The maximum atomic E-state index is 13.1.